The van der Waals surface area contributed by atoms with E-state index in [1.807, 2.05) is 6.07 Å². The minimum Gasteiger partial charge on any atom is -0.504 e. The van der Waals surface area contributed by atoms with Crippen molar-refractivity contribution in [3.05, 3.63) is 27.8 Å². The highest BCUT2D eigenvalue weighted by Gasteiger charge is 2.20. The van der Waals surface area contributed by atoms with Crippen molar-refractivity contribution in [2.45, 2.75) is 6.42 Å². The summed E-state index contributed by atoms with van der Waals surface area (Å²) in [4.78, 5) is 9.74. The van der Waals surface area contributed by atoms with Crippen molar-refractivity contribution in [3.63, 3.8) is 0 Å². The molecular weight excluding hydrogens is 228 g/mol. The molecule has 1 atom stereocenters. The Hall–Kier alpha value is -2.33. The minimum absolute atomic E-state index is 0.0572. The van der Waals surface area contributed by atoms with Crippen LogP contribution in [0.15, 0.2) is 12.1 Å². The predicted molar refractivity (Wildman–Crippen MR) is 56.3 cm³/mol. The molecule has 1 rings (SSSR count). The van der Waals surface area contributed by atoms with E-state index in [9.17, 15) is 20.3 Å². The Balaban J connectivity index is 3.11. The molecule has 0 saturated heterocycles. The van der Waals surface area contributed by atoms with Crippen LogP contribution in [0, 0.1) is 27.4 Å². The maximum atomic E-state index is 10.6. The van der Waals surface area contributed by atoms with E-state index in [2.05, 4.69) is 0 Å². The molecule has 0 radical (unpaired) electrons. The molecular formula is C10H10N2O5. The van der Waals surface area contributed by atoms with Gasteiger partial charge in [0.2, 0.25) is 5.75 Å². The largest absolute Gasteiger partial charge is 0.504 e. The highest BCUT2D eigenvalue weighted by Crippen LogP contribution is 2.36. The number of nitro benzene ring substituents is 1. The molecule has 0 saturated carbocycles. The Labute approximate surface area is 96.3 Å². The van der Waals surface area contributed by atoms with Gasteiger partial charge >= 0.3 is 5.69 Å². The molecule has 1 aromatic rings. The molecule has 0 heterocycles. The number of phenolic OH excluding ortho intramolecular Hbond substituents is 2. The van der Waals surface area contributed by atoms with Crippen LogP contribution in [-0.4, -0.2) is 26.8 Å². The van der Waals surface area contributed by atoms with Gasteiger partial charge in [0.25, 0.3) is 0 Å². The first-order valence-corrected chi connectivity index (χ1v) is 4.69. The van der Waals surface area contributed by atoms with Gasteiger partial charge in [-0.3, -0.25) is 10.1 Å². The molecule has 17 heavy (non-hydrogen) atoms. The van der Waals surface area contributed by atoms with Gasteiger partial charge in [0.1, 0.15) is 0 Å². The zero-order valence-electron chi connectivity index (χ0n) is 8.70. The van der Waals surface area contributed by atoms with Gasteiger partial charge < -0.3 is 15.3 Å². The van der Waals surface area contributed by atoms with Crippen LogP contribution >= 0.6 is 0 Å². The van der Waals surface area contributed by atoms with Gasteiger partial charge in [0, 0.05) is 6.07 Å². The second-order valence-electron chi connectivity index (χ2n) is 3.45. The Bertz CT molecular complexity index is 480. The fourth-order valence-corrected chi connectivity index (χ4v) is 1.35. The first kappa shape index (κ1) is 12.7. The monoisotopic (exact) mass is 238 g/mol. The summed E-state index contributed by atoms with van der Waals surface area (Å²) in [5.41, 5.74) is -0.331. The minimum atomic E-state index is -0.834. The number of aromatic hydroxyl groups is 2. The maximum Gasteiger partial charge on any atom is 0.314 e. The van der Waals surface area contributed by atoms with Gasteiger partial charge in [0.15, 0.2) is 5.75 Å². The maximum absolute atomic E-state index is 10.6. The average Bonchev–Trinajstić information content (AvgIpc) is 2.29. The Morgan fingerprint density at radius 3 is 2.59 bits per heavy atom. The lowest BCUT2D eigenvalue weighted by atomic mass is 10.0. The zero-order valence-corrected chi connectivity index (χ0v) is 8.70. The highest BCUT2D eigenvalue weighted by atomic mass is 16.6. The number of phenols is 2. The number of hydrogen-bond donors (Lipinski definition) is 3. The van der Waals surface area contributed by atoms with Crippen LogP contribution in [0.2, 0.25) is 0 Å². The summed E-state index contributed by atoms with van der Waals surface area (Å²) >= 11 is 0. The van der Waals surface area contributed by atoms with Crippen LogP contribution < -0.4 is 0 Å². The smallest absolute Gasteiger partial charge is 0.314 e. The molecule has 0 amide bonds. The molecule has 0 aliphatic carbocycles. The van der Waals surface area contributed by atoms with Gasteiger partial charge in [-0.15, -0.1) is 0 Å². The summed E-state index contributed by atoms with van der Waals surface area (Å²) in [6.45, 7) is -0.383. The second kappa shape index (κ2) is 5.14. The standard InChI is InChI=1S/C10H10N2O5/c11-4-7(5-13)1-6-2-8(12(16)17)10(15)9(14)3-6/h2-3,7,13-15H,1,5H2. The molecule has 7 heteroatoms. The van der Waals surface area contributed by atoms with Gasteiger partial charge in [-0.05, 0) is 18.1 Å². The van der Waals surface area contributed by atoms with Gasteiger partial charge in [0.05, 0.1) is 23.5 Å². The fraction of sp³-hybridized carbons (Fsp3) is 0.300. The van der Waals surface area contributed by atoms with E-state index in [-0.39, 0.29) is 13.0 Å². The number of rotatable bonds is 4. The predicted octanol–water partition coefficient (Wildman–Crippen LogP) is 0.681. The van der Waals surface area contributed by atoms with Crippen LogP contribution in [0.5, 0.6) is 11.5 Å². The lowest BCUT2D eigenvalue weighted by Crippen LogP contribution is -2.07. The van der Waals surface area contributed by atoms with Crippen molar-refractivity contribution in [1.29, 1.82) is 5.26 Å². The number of nitro groups is 1. The molecule has 1 aromatic carbocycles. The van der Waals surface area contributed by atoms with Crippen LogP contribution in [0.1, 0.15) is 5.56 Å². The molecule has 7 nitrogen and oxygen atoms in total. The lowest BCUT2D eigenvalue weighted by Gasteiger charge is -2.07. The van der Waals surface area contributed by atoms with E-state index >= 15 is 0 Å². The summed E-state index contributed by atoms with van der Waals surface area (Å²) in [5.74, 6) is -2.14. The molecule has 0 aromatic heterocycles. The summed E-state index contributed by atoms with van der Waals surface area (Å²) < 4.78 is 0. The average molecular weight is 238 g/mol. The molecule has 0 aliphatic rings. The Morgan fingerprint density at radius 2 is 2.12 bits per heavy atom. The van der Waals surface area contributed by atoms with E-state index in [4.69, 9.17) is 10.4 Å². The summed E-state index contributed by atoms with van der Waals surface area (Å²) in [7, 11) is 0. The van der Waals surface area contributed by atoms with E-state index in [0.29, 0.717) is 5.56 Å². The van der Waals surface area contributed by atoms with Crippen LogP contribution in [0.4, 0.5) is 5.69 Å². The molecule has 1 unspecified atom stereocenters. The highest BCUT2D eigenvalue weighted by molar-refractivity contribution is 5.56. The second-order valence-corrected chi connectivity index (χ2v) is 3.45. The molecule has 0 fully saturated rings. The number of nitrogens with zero attached hydrogens (tertiary/aromatic N) is 2. The SMILES string of the molecule is N#CC(CO)Cc1cc(O)c(O)c([N+](=O)[O-])c1. The quantitative estimate of drug-likeness (QED) is 0.402. The van der Waals surface area contributed by atoms with Crippen molar-refractivity contribution in [2.75, 3.05) is 6.61 Å². The van der Waals surface area contributed by atoms with E-state index in [0.717, 1.165) is 12.1 Å². The molecule has 3 N–H and O–H groups in total. The van der Waals surface area contributed by atoms with Crippen molar-refractivity contribution in [2.24, 2.45) is 5.92 Å². The van der Waals surface area contributed by atoms with Crippen molar-refractivity contribution >= 4 is 5.69 Å². The first-order valence-electron chi connectivity index (χ1n) is 4.69. The van der Waals surface area contributed by atoms with E-state index < -0.39 is 28.0 Å². The number of nitriles is 1. The molecule has 90 valence electrons. The first-order chi connectivity index (χ1) is 7.99. The number of benzene rings is 1. The van der Waals surface area contributed by atoms with Crippen molar-refractivity contribution in [3.8, 4) is 17.6 Å². The topological polar surface area (TPSA) is 128 Å². The number of hydrogen-bond acceptors (Lipinski definition) is 6. The number of aliphatic hydroxyl groups is 1. The molecule has 0 spiro atoms. The third-order valence-electron chi connectivity index (χ3n) is 2.21. The van der Waals surface area contributed by atoms with Crippen LogP contribution in [-0.2, 0) is 6.42 Å². The van der Waals surface area contributed by atoms with Crippen LogP contribution in [0.25, 0.3) is 0 Å². The van der Waals surface area contributed by atoms with Crippen molar-refractivity contribution in [1.82, 2.24) is 0 Å². The van der Waals surface area contributed by atoms with Crippen molar-refractivity contribution < 1.29 is 20.2 Å². The van der Waals surface area contributed by atoms with Gasteiger partial charge in [-0.2, -0.15) is 5.26 Å². The third-order valence-corrected chi connectivity index (χ3v) is 2.21. The molecule has 0 aliphatic heterocycles. The third kappa shape index (κ3) is 2.83. The summed E-state index contributed by atoms with van der Waals surface area (Å²) in [5, 5.41) is 46.5. The lowest BCUT2D eigenvalue weighted by molar-refractivity contribution is -0.386. The van der Waals surface area contributed by atoms with Gasteiger partial charge in [-0.1, -0.05) is 0 Å². The zero-order chi connectivity index (χ0) is 13.0. The van der Waals surface area contributed by atoms with E-state index in [1.54, 1.807) is 0 Å². The van der Waals surface area contributed by atoms with Crippen LogP contribution in [0.3, 0.4) is 0 Å². The fourth-order valence-electron chi connectivity index (χ4n) is 1.35. The molecule has 0 bridgehead atoms. The number of aliphatic hydroxyl groups excluding tert-OH is 1. The summed E-state index contributed by atoms with van der Waals surface area (Å²) in [6, 6.07) is 4.01. The van der Waals surface area contributed by atoms with E-state index in [1.165, 1.54) is 0 Å². The Morgan fingerprint density at radius 1 is 1.47 bits per heavy atom. The summed E-state index contributed by atoms with van der Waals surface area (Å²) in [6.07, 6.45) is 0.0572. The Kier molecular flexibility index (Phi) is 3.85. The normalized spacial score (nSPS) is 11.8. The van der Waals surface area contributed by atoms with Gasteiger partial charge in [-0.25, -0.2) is 0 Å².